The smallest absolute Gasteiger partial charge is 0.331 e. The highest BCUT2D eigenvalue weighted by Crippen LogP contribution is 2.29. The summed E-state index contributed by atoms with van der Waals surface area (Å²) in [5.74, 6) is -2.19. The van der Waals surface area contributed by atoms with Crippen LogP contribution < -0.4 is 5.73 Å². The van der Waals surface area contributed by atoms with E-state index in [0.29, 0.717) is 0 Å². The summed E-state index contributed by atoms with van der Waals surface area (Å²) in [4.78, 5) is 52.9. The van der Waals surface area contributed by atoms with E-state index in [-0.39, 0.29) is 31.7 Å². The fourth-order valence-corrected chi connectivity index (χ4v) is 4.78. The van der Waals surface area contributed by atoms with Crippen LogP contribution in [0.4, 0.5) is 0 Å². The lowest BCUT2D eigenvalue weighted by molar-refractivity contribution is -0.163. The summed E-state index contributed by atoms with van der Waals surface area (Å²) < 4.78 is 11.1. The molecular weight excluding hydrogens is 520 g/mol. The summed E-state index contributed by atoms with van der Waals surface area (Å²) in [6.45, 7) is 3.20. The van der Waals surface area contributed by atoms with Crippen molar-refractivity contribution >= 4 is 46.2 Å². The molecule has 212 valence electrons. The van der Waals surface area contributed by atoms with Crippen LogP contribution in [0.3, 0.4) is 0 Å². The van der Waals surface area contributed by atoms with Gasteiger partial charge in [0.25, 0.3) is 0 Å². The molecule has 2 aromatic carbocycles. The average molecular weight is 555 g/mol. The molecule has 3 N–H and O–H groups in total. The van der Waals surface area contributed by atoms with Gasteiger partial charge in [0.05, 0.1) is 0 Å². The number of fused-ring (bicyclic) bond motifs is 2. The van der Waals surface area contributed by atoms with Gasteiger partial charge in [0.1, 0.15) is 6.61 Å². The van der Waals surface area contributed by atoms with Crippen LogP contribution in [0, 0.1) is 5.41 Å². The number of allylic oxidation sites excluding steroid dienone is 3. The molecule has 0 bridgehead atoms. The highest BCUT2D eigenvalue weighted by Gasteiger charge is 2.39. The van der Waals surface area contributed by atoms with E-state index in [1.807, 2.05) is 54.6 Å². The lowest BCUT2D eigenvalue weighted by Crippen LogP contribution is -2.43. The average Bonchev–Trinajstić information content (AvgIpc) is 3.56. The van der Waals surface area contributed by atoms with Crippen LogP contribution in [-0.2, 0) is 35.1 Å². The molecule has 0 radical (unpaired) electrons. The molecule has 3 aromatic rings. The zero-order valence-electron chi connectivity index (χ0n) is 23.2. The number of benzene rings is 2. The van der Waals surface area contributed by atoms with Gasteiger partial charge in [0.15, 0.2) is 11.9 Å². The van der Waals surface area contributed by atoms with Crippen LogP contribution in [0.5, 0.6) is 0 Å². The van der Waals surface area contributed by atoms with Crippen molar-refractivity contribution in [3.63, 3.8) is 0 Å². The number of rotatable bonds is 13. The van der Waals surface area contributed by atoms with E-state index in [1.165, 1.54) is 17.7 Å². The summed E-state index contributed by atoms with van der Waals surface area (Å²) >= 11 is 0. The van der Waals surface area contributed by atoms with Gasteiger partial charge in [-0.15, -0.1) is 0 Å². The number of primary amides is 1. The van der Waals surface area contributed by atoms with Crippen LogP contribution in [0.15, 0.2) is 79.0 Å². The van der Waals surface area contributed by atoms with Gasteiger partial charge in [-0.3, -0.25) is 9.59 Å². The molecule has 1 heterocycles. The van der Waals surface area contributed by atoms with Gasteiger partial charge >= 0.3 is 11.9 Å². The van der Waals surface area contributed by atoms with E-state index in [1.54, 1.807) is 32.2 Å². The molecule has 8 heteroatoms. The molecule has 1 aliphatic rings. The molecule has 4 rings (SSSR count). The van der Waals surface area contributed by atoms with E-state index in [9.17, 15) is 19.2 Å². The lowest BCUT2D eigenvalue weighted by Gasteiger charge is -2.32. The first kappa shape index (κ1) is 29.3. The number of hydrogen-bond acceptors (Lipinski definition) is 6. The van der Waals surface area contributed by atoms with Crippen molar-refractivity contribution in [2.45, 2.75) is 45.6 Å². The maximum atomic E-state index is 13.2. The zero-order valence-corrected chi connectivity index (χ0v) is 23.2. The van der Waals surface area contributed by atoms with Crippen molar-refractivity contribution in [2.75, 3.05) is 6.61 Å². The number of Topliss-reactive ketones (excluding diaryl/α,β-unsaturated/α-hetero) is 1. The molecule has 1 aliphatic carbocycles. The number of nitrogens with two attached hydrogens (primary N) is 1. The fourth-order valence-electron chi connectivity index (χ4n) is 4.78. The number of nitrogens with one attached hydrogen (secondary N) is 1. The normalized spacial score (nSPS) is 13.8. The number of carbonyl (C=O) groups excluding carboxylic acids is 4. The molecule has 0 spiro atoms. The SMILES string of the molecule is CC(C)(COC(=O)/C=C/c1c[nH]c2ccccc12)[C@@H](OC(=O)/C=C/C1=CCc2ccccc21)C(=O)CCCC(N)=O. The van der Waals surface area contributed by atoms with Crippen LogP contribution in [0.2, 0.25) is 0 Å². The molecule has 0 saturated carbocycles. The van der Waals surface area contributed by atoms with Crippen LogP contribution in [0.1, 0.15) is 49.8 Å². The number of ether oxygens (including phenoxy) is 2. The van der Waals surface area contributed by atoms with Crippen molar-refractivity contribution in [3.8, 4) is 0 Å². The summed E-state index contributed by atoms with van der Waals surface area (Å²) in [5.41, 5.74) is 9.07. The first-order valence-corrected chi connectivity index (χ1v) is 13.5. The molecule has 0 saturated heterocycles. The predicted molar refractivity (Wildman–Crippen MR) is 157 cm³/mol. The number of aromatic nitrogens is 1. The van der Waals surface area contributed by atoms with E-state index >= 15 is 0 Å². The maximum Gasteiger partial charge on any atom is 0.331 e. The van der Waals surface area contributed by atoms with Crippen molar-refractivity contribution in [1.29, 1.82) is 0 Å². The summed E-state index contributed by atoms with van der Waals surface area (Å²) in [6.07, 6.45) is 9.58. The second-order valence-corrected chi connectivity index (χ2v) is 10.7. The Morgan fingerprint density at radius 3 is 2.51 bits per heavy atom. The highest BCUT2D eigenvalue weighted by molar-refractivity contribution is 5.94. The molecule has 0 fully saturated rings. The number of ketones is 1. The standard InChI is InChI=1S/C33H34N2O6/c1-33(2,21-40-30(38)18-17-24-20-35-27-11-6-5-10-26(24)27)32(28(36)12-7-13-29(34)37)41-31(39)19-16-23-15-14-22-8-3-4-9-25(22)23/h3-6,8-11,15-20,32,35H,7,12-14,21H2,1-2H3,(H2,34,37)/b18-17+,19-16+/t32-/m0/s1. The second kappa shape index (κ2) is 13.1. The Kier molecular flexibility index (Phi) is 9.34. The number of amides is 1. The van der Waals surface area contributed by atoms with Gasteiger partial charge in [-0.25, -0.2) is 9.59 Å². The van der Waals surface area contributed by atoms with E-state index in [4.69, 9.17) is 15.2 Å². The minimum Gasteiger partial charge on any atom is -0.462 e. The molecule has 1 amide bonds. The van der Waals surface area contributed by atoms with Gasteiger partial charge < -0.3 is 20.2 Å². The van der Waals surface area contributed by atoms with Gasteiger partial charge in [-0.2, -0.15) is 0 Å². The fraction of sp³-hybridized carbons (Fsp3) is 0.273. The first-order valence-electron chi connectivity index (χ1n) is 13.5. The quantitative estimate of drug-likeness (QED) is 0.224. The predicted octanol–water partition coefficient (Wildman–Crippen LogP) is 5.08. The molecule has 41 heavy (non-hydrogen) atoms. The Balaban J connectivity index is 1.41. The largest absolute Gasteiger partial charge is 0.462 e. The molecule has 1 aromatic heterocycles. The summed E-state index contributed by atoms with van der Waals surface area (Å²) in [7, 11) is 0. The monoisotopic (exact) mass is 554 g/mol. The molecule has 0 unspecified atom stereocenters. The molecule has 8 nitrogen and oxygen atoms in total. The topological polar surface area (TPSA) is 129 Å². The Morgan fingerprint density at radius 2 is 1.71 bits per heavy atom. The Morgan fingerprint density at radius 1 is 0.976 bits per heavy atom. The van der Waals surface area contributed by atoms with Gasteiger partial charge in [-0.05, 0) is 47.8 Å². The highest BCUT2D eigenvalue weighted by atomic mass is 16.6. The Hall–Kier alpha value is -4.72. The molecule has 1 atom stereocenters. The minimum absolute atomic E-state index is 0.0129. The number of hydrogen-bond donors (Lipinski definition) is 2. The minimum atomic E-state index is -1.21. The third-order valence-corrected chi connectivity index (χ3v) is 6.96. The Bertz CT molecular complexity index is 1540. The van der Waals surface area contributed by atoms with Gasteiger partial charge in [-0.1, -0.05) is 62.4 Å². The van der Waals surface area contributed by atoms with E-state index in [0.717, 1.165) is 34.0 Å². The molecule has 0 aliphatic heterocycles. The van der Waals surface area contributed by atoms with Crippen molar-refractivity contribution in [3.05, 3.63) is 95.7 Å². The summed E-state index contributed by atoms with van der Waals surface area (Å²) in [5, 5.41) is 0.968. The van der Waals surface area contributed by atoms with Crippen LogP contribution in [-0.4, -0.2) is 41.3 Å². The second-order valence-electron chi connectivity index (χ2n) is 10.7. The lowest BCUT2D eigenvalue weighted by atomic mass is 9.83. The van der Waals surface area contributed by atoms with Crippen LogP contribution >= 0.6 is 0 Å². The Labute approximate surface area is 238 Å². The zero-order chi connectivity index (χ0) is 29.4. The van der Waals surface area contributed by atoms with E-state index in [2.05, 4.69) is 4.98 Å². The third kappa shape index (κ3) is 7.69. The number of esters is 2. The number of aromatic amines is 1. The van der Waals surface area contributed by atoms with Gasteiger partial charge in [0.2, 0.25) is 5.91 Å². The van der Waals surface area contributed by atoms with E-state index < -0.39 is 29.4 Å². The van der Waals surface area contributed by atoms with Crippen molar-refractivity contribution in [2.24, 2.45) is 11.1 Å². The number of carbonyl (C=O) groups is 4. The van der Waals surface area contributed by atoms with Gasteiger partial charge in [0, 0.05) is 53.1 Å². The third-order valence-electron chi connectivity index (χ3n) is 6.96. The number of H-pyrrole nitrogens is 1. The van der Waals surface area contributed by atoms with Crippen LogP contribution in [0.25, 0.3) is 22.6 Å². The first-order chi connectivity index (χ1) is 19.6. The summed E-state index contributed by atoms with van der Waals surface area (Å²) in [6, 6.07) is 15.6. The number of para-hydroxylation sites is 1. The maximum absolute atomic E-state index is 13.2. The van der Waals surface area contributed by atoms with Crippen molar-refractivity contribution in [1.82, 2.24) is 4.98 Å². The van der Waals surface area contributed by atoms with Crippen molar-refractivity contribution < 1.29 is 28.7 Å². The molecular formula is C33H34N2O6.